The first-order chi connectivity index (χ1) is 9.77. The van der Waals surface area contributed by atoms with Gasteiger partial charge in [-0.15, -0.1) is 0 Å². The Morgan fingerprint density at radius 2 is 1.80 bits per heavy atom. The summed E-state index contributed by atoms with van der Waals surface area (Å²) in [5.41, 5.74) is 1.54. The van der Waals surface area contributed by atoms with Crippen molar-refractivity contribution in [1.29, 1.82) is 0 Å². The molecular weight excluding hydrogens is 256 g/mol. The van der Waals surface area contributed by atoms with Crippen molar-refractivity contribution < 1.29 is 4.92 Å². The molecule has 100 valence electrons. The average Bonchev–Trinajstić information content (AvgIpc) is 2.97. The highest BCUT2D eigenvalue weighted by Crippen LogP contribution is 2.37. The summed E-state index contributed by atoms with van der Waals surface area (Å²) >= 11 is 0. The Hall–Kier alpha value is -2.76. The van der Waals surface area contributed by atoms with E-state index in [0.717, 1.165) is 5.56 Å². The molecular formula is C14H12N4O2. The normalized spacial score (nSPS) is 17.4. The molecule has 0 amide bonds. The van der Waals surface area contributed by atoms with E-state index in [4.69, 9.17) is 0 Å². The smallest absolute Gasteiger partial charge is 0.258 e. The number of nitrogens with zero attached hydrogens (tertiary/aromatic N) is 4. The van der Waals surface area contributed by atoms with Gasteiger partial charge >= 0.3 is 0 Å². The second-order valence-corrected chi connectivity index (χ2v) is 4.43. The van der Waals surface area contributed by atoms with Gasteiger partial charge in [-0.05, 0) is 11.6 Å². The molecule has 20 heavy (non-hydrogen) atoms. The molecule has 6 heteroatoms. The second kappa shape index (κ2) is 5.08. The van der Waals surface area contributed by atoms with Crippen molar-refractivity contribution in [3.05, 3.63) is 70.3 Å². The van der Waals surface area contributed by atoms with Crippen molar-refractivity contribution in [3.63, 3.8) is 0 Å². The van der Waals surface area contributed by atoms with Gasteiger partial charge in [-0.2, -0.15) is 5.11 Å². The van der Waals surface area contributed by atoms with Crippen LogP contribution in [0, 0.1) is 10.1 Å². The van der Waals surface area contributed by atoms with E-state index in [1.165, 1.54) is 6.07 Å². The molecule has 0 aliphatic carbocycles. The summed E-state index contributed by atoms with van der Waals surface area (Å²) in [6.45, 7) is 0.496. The highest BCUT2D eigenvalue weighted by Gasteiger charge is 2.30. The predicted molar refractivity (Wildman–Crippen MR) is 74.5 cm³/mol. The van der Waals surface area contributed by atoms with Crippen LogP contribution < -0.4 is 5.01 Å². The Kier molecular flexibility index (Phi) is 3.12. The van der Waals surface area contributed by atoms with Gasteiger partial charge < -0.3 is 0 Å². The van der Waals surface area contributed by atoms with Gasteiger partial charge in [0.25, 0.3) is 5.69 Å². The van der Waals surface area contributed by atoms with Crippen LogP contribution in [-0.4, -0.2) is 11.5 Å². The monoisotopic (exact) mass is 268 g/mol. The minimum absolute atomic E-state index is 0.0364. The maximum Gasteiger partial charge on any atom is 0.294 e. The summed E-state index contributed by atoms with van der Waals surface area (Å²) < 4.78 is 0. The Bertz CT molecular complexity index is 657. The Morgan fingerprint density at radius 1 is 1.10 bits per heavy atom. The van der Waals surface area contributed by atoms with Crippen molar-refractivity contribution in [2.45, 2.75) is 6.04 Å². The standard InChI is InChI=1S/C14H12N4O2/c19-18(20)13-9-5-4-8-12(13)17-14(10-15-16-17)11-6-2-1-3-7-11/h1-9,14H,10H2. The van der Waals surface area contributed by atoms with Crippen LogP contribution in [-0.2, 0) is 0 Å². The van der Waals surface area contributed by atoms with Gasteiger partial charge in [-0.25, -0.2) is 5.01 Å². The molecule has 0 fully saturated rings. The van der Waals surface area contributed by atoms with Crippen molar-refractivity contribution in [2.75, 3.05) is 11.6 Å². The van der Waals surface area contributed by atoms with E-state index in [1.54, 1.807) is 23.2 Å². The Morgan fingerprint density at radius 3 is 2.55 bits per heavy atom. The third-order valence-corrected chi connectivity index (χ3v) is 3.22. The average molecular weight is 268 g/mol. The van der Waals surface area contributed by atoms with Crippen LogP contribution in [0.5, 0.6) is 0 Å². The summed E-state index contributed by atoms with van der Waals surface area (Å²) in [5, 5.41) is 20.8. The number of hydrogen-bond acceptors (Lipinski definition) is 5. The van der Waals surface area contributed by atoms with Gasteiger partial charge in [0.1, 0.15) is 11.7 Å². The van der Waals surface area contributed by atoms with Crippen LogP contribution in [0.15, 0.2) is 64.9 Å². The van der Waals surface area contributed by atoms with Crippen molar-refractivity contribution in [2.24, 2.45) is 10.3 Å². The van der Waals surface area contributed by atoms with E-state index < -0.39 is 4.92 Å². The van der Waals surface area contributed by atoms with E-state index in [-0.39, 0.29) is 11.7 Å². The van der Waals surface area contributed by atoms with E-state index in [9.17, 15) is 10.1 Å². The topological polar surface area (TPSA) is 71.1 Å². The SMILES string of the molecule is O=[N+]([O-])c1ccccc1N1N=NCC1c1ccccc1. The third-order valence-electron chi connectivity index (χ3n) is 3.22. The molecule has 3 rings (SSSR count). The van der Waals surface area contributed by atoms with Crippen LogP contribution >= 0.6 is 0 Å². The fraction of sp³-hybridized carbons (Fsp3) is 0.143. The van der Waals surface area contributed by atoms with Crippen LogP contribution in [0.3, 0.4) is 0 Å². The fourth-order valence-corrected chi connectivity index (χ4v) is 2.27. The van der Waals surface area contributed by atoms with Crippen molar-refractivity contribution >= 4 is 11.4 Å². The number of rotatable bonds is 3. The number of nitro benzene ring substituents is 1. The minimum atomic E-state index is -0.398. The lowest BCUT2D eigenvalue weighted by atomic mass is 10.1. The molecule has 1 unspecified atom stereocenters. The lowest BCUT2D eigenvalue weighted by molar-refractivity contribution is -0.384. The molecule has 0 spiro atoms. The number of nitro groups is 1. The zero-order valence-corrected chi connectivity index (χ0v) is 10.6. The van der Waals surface area contributed by atoms with Crippen LogP contribution in [0.2, 0.25) is 0 Å². The molecule has 1 aliphatic rings. The molecule has 2 aromatic rings. The number of hydrogen-bond donors (Lipinski definition) is 0. The van der Waals surface area contributed by atoms with Gasteiger partial charge in [0.2, 0.25) is 0 Å². The van der Waals surface area contributed by atoms with E-state index in [1.807, 2.05) is 30.3 Å². The Labute approximate surface area is 115 Å². The lowest BCUT2D eigenvalue weighted by Gasteiger charge is -2.21. The summed E-state index contributed by atoms with van der Waals surface area (Å²) in [5.74, 6) is 0. The maximum absolute atomic E-state index is 11.1. The maximum atomic E-state index is 11.1. The van der Waals surface area contributed by atoms with Gasteiger partial charge in [0.15, 0.2) is 0 Å². The molecule has 0 saturated heterocycles. The fourth-order valence-electron chi connectivity index (χ4n) is 2.27. The van der Waals surface area contributed by atoms with Gasteiger partial charge in [-0.3, -0.25) is 10.1 Å². The van der Waals surface area contributed by atoms with Gasteiger partial charge in [0.05, 0.1) is 11.5 Å². The van der Waals surface area contributed by atoms with Crippen LogP contribution in [0.4, 0.5) is 11.4 Å². The molecule has 0 aromatic heterocycles. The molecule has 1 heterocycles. The van der Waals surface area contributed by atoms with Crippen molar-refractivity contribution in [3.8, 4) is 0 Å². The van der Waals surface area contributed by atoms with Crippen LogP contribution in [0.1, 0.15) is 11.6 Å². The van der Waals surface area contributed by atoms with Gasteiger partial charge in [0, 0.05) is 6.07 Å². The molecule has 2 aromatic carbocycles. The zero-order valence-electron chi connectivity index (χ0n) is 10.6. The lowest BCUT2D eigenvalue weighted by Crippen LogP contribution is -2.21. The zero-order chi connectivity index (χ0) is 13.9. The van der Waals surface area contributed by atoms with E-state index in [0.29, 0.717) is 12.2 Å². The van der Waals surface area contributed by atoms with E-state index in [2.05, 4.69) is 10.3 Å². The molecule has 0 saturated carbocycles. The largest absolute Gasteiger partial charge is 0.294 e. The predicted octanol–water partition coefficient (Wildman–Crippen LogP) is 3.52. The first kappa shape index (κ1) is 12.3. The van der Waals surface area contributed by atoms with Crippen LogP contribution in [0.25, 0.3) is 0 Å². The van der Waals surface area contributed by atoms with Gasteiger partial charge in [-0.1, -0.05) is 47.7 Å². The summed E-state index contributed by atoms with van der Waals surface area (Å²) in [7, 11) is 0. The number of benzene rings is 2. The Balaban J connectivity index is 2.01. The first-order valence-corrected chi connectivity index (χ1v) is 6.22. The number of anilines is 1. The molecule has 6 nitrogen and oxygen atoms in total. The van der Waals surface area contributed by atoms with Crippen molar-refractivity contribution in [1.82, 2.24) is 0 Å². The molecule has 0 radical (unpaired) electrons. The summed E-state index contributed by atoms with van der Waals surface area (Å²) in [6, 6.07) is 16.2. The van der Waals surface area contributed by atoms with E-state index >= 15 is 0 Å². The summed E-state index contributed by atoms with van der Waals surface area (Å²) in [6.07, 6.45) is 0. The number of para-hydroxylation sites is 2. The molecule has 0 N–H and O–H groups in total. The highest BCUT2D eigenvalue weighted by atomic mass is 16.6. The summed E-state index contributed by atoms with van der Waals surface area (Å²) in [4.78, 5) is 10.7. The highest BCUT2D eigenvalue weighted by molar-refractivity contribution is 5.63. The second-order valence-electron chi connectivity index (χ2n) is 4.43. The minimum Gasteiger partial charge on any atom is -0.258 e. The molecule has 1 aliphatic heterocycles. The molecule has 0 bridgehead atoms. The third kappa shape index (κ3) is 2.11. The molecule has 1 atom stereocenters. The quantitative estimate of drug-likeness (QED) is 0.631. The first-order valence-electron chi connectivity index (χ1n) is 6.22.